The molecule has 0 bridgehead atoms. The van der Waals surface area contributed by atoms with Gasteiger partial charge in [0.1, 0.15) is 25.5 Å². The van der Waals surface area contributed by atoms with Gasteiger partial charge in [0.15, 0.2) is 0 Å². The fourth-order valence-electron chi connectivity index (χ4n) is 1.74. The average molecular weight is 378 g/mol. The van der Waals surface area contributed by atoms with E-state index in [0.717, 1.165) is 4.47 Å². The van der Waals surface area contributed by atoms with E-state index >= 15 is 0 Å². The van der Waals surface area contributed by atoms with Gasteiger partial charge in [-0.05, 0) is 36.4 Å². The van der Waals surface area contributed by atoms with Gasteiger partial charge in [-0.2, -0.15) is 0 Å². The molecule has 0 aliphatic rings. The lowest BCUT2D eigenvalue weighted by Gasteiger charge is -2.08. The van der Waals surface area contributed by atoms with E-state index in [-0.39, 0.29) is 25.7 Å². The topological polar surface area (TPSA) is 64.6 Å². The Hall–Kier alpha value is -2.34. The molecule has 1 amide bonds. The smallest absolute Gasteiger partial charge is 0.325 e. The molecule has 0 aromatic heterocycles. The Labute approximate surface area is 142 Å². The molecular formula is C17H16BrNO4. The summed E-state index contributed by atoms with van der Waals surface area (Å²) >= 11 is 3.33. The number of nitrogens with one attached hydrogen (secondary N) is 1. The van der Waals surface area contributed by atoms with E-state index in [0.29, 0.717) is 11.3 Å². The minimum absolute atomic E-state index is 0.121. The summed E-state index contributed by atoms with van der Waals surface area (Å²) in [5, 5.41) is 2.50. The maximum atomic E-state index is 11.7. The standard InChI is InChI=1S/C17H16BrNO4/c18-14-6-8-15(9-7-14)22-10-11-23-16(20)12-19-17(21)13-4-2-1-3-5-13/h1-9H,10-12H2,(H,19,21). The van der Waals surface area contributed by atoms with Gasteiger partial charge < -0.3 is 14.8 Å². The van der Waals surface area contributed by atoms with Crippen molar-refractivity contribution >= 4 is 27.8 Å². The van der Waals surface area contributed by atoms with E-state index in [2.05, 4.69) is 21.2 Å². The molecule has 0 spiro atoms. The third kappa shape index (κ3) is 6.12. The molecule has 5 nitrogen and oxygen atoms in total. The van der Waals surface area contributed by atoms with Gasteiger partial charge in [-0.25, -0.2) is 0 Å². The third-order valence-electron chi connectivity index (χ3n) is 2.86. The summed E-state index contributed by atoms with van der Waals surface area (Å²) in [6.45, 7) is 0.197. The van der Waals surface area contributed by atoms with Crippen molar-refractivity contribution in [3.63, 3.8) is 0 Å². The van der Waals surface area contributed by atoms with Gasteiger partial charge in [0.05, 0.1) is 0 Å². The van der Waals surface area contributed by atoms with Crippen LogP contribution in [-0.4, -0.2) is 31.6 Å². The van der Waals surface area contributed by atoms with Gasteiger partial charge in [0.2, 0.25) is 0 Å². The summed E-state index contributed by atoms with van der Waals surface area (Å²) in [7, 11) is 0. The molecule has 0 unspecified atom stereocenters. The minimum Gasteiger partial charge on any atom is -0.490 e. The number of hydrogen-bond acceptors (Lipinski definition) is 4. The molecule has 2 aromatic rings. The molecule has 0 fully saturated rings. The molecule has 2 aromatic carbocycles. The second kappa shape index (κ2) is 8.95. The van der Waals surface area contributed by atoms with E-state index in [9.17, 15) is 9.59 Å². The molecule has 0 saturated heterocycles. The number of hydrogen-bond donors (Lipinski definition) is 1. The zero-order chi connectivity index (χ0) is 16.5. The third-order valence-corrected chi connectivity index (χ3v) is 3.39. The number of amides is 1. The van der Waals surface area contributed by atoms with Gasteiger partial charge in [0.25, 0.3) is 5.91 Å². The van der Waals surface area contributed by atoms with Crippen LogP contribution in [0, 0.1) is 0 Å². The van der Waals surface area contributed by atoms with Crippen LogP contribution in [0.3, 0.4) is 0 Å². The van der Waals surface area contributed by atoms with Crippen molar-refractivity contribution < 1.29 is 19.1 Å². The van der Waals surface area contributed by atoms with Gasteiger partial charge in [-0.3, -0.25) is 9.59 Å². The van der Waals surface area contributed by atoms with E-state index in [1.54, 1.807) is 24.3 Å². The Kier molecular flexibility index (Phi) is 6.62. The highest BCUT2D eigenvalue weighted by molar-refractivity contribution is 9.10. The molecule has 0 aliphatic carbocycles. The fraction of sp³-hybridized carbons (Fsp3) is 0.176. The Balaban J connectivity index is 1.62. The maximum Gasteiger partial charge on any atom is 0.325 e. The fourth-order valence-corrected chi connectivity index (χ4v) is 2.01. The SMILES string of the molecule is O=C(CNC(=O)c1ccccc1)OCCOc1ccc(Br)cc1. The minimum atomic E-state index is -0.506. The number of carbonyl (C=O) groups is 2. The lowest BCUT2D eigenvalue weighted by Crippen LogP contribution is -2.31. The second-order valence-corrected chi connectivity index (χ2v) is 5.49. The maximum absolute atomic E-state index is 11.7. The zero-order valence-electron chi connectivity index (χ0n) is 12.3. The summed E-state index contributed by atoms with van der Waals surface area (Å²) in [5.74, 6) is -0.121. The number of carbonyl (C=O) groups excluding carboxylic acids is 2. The first kappa shape index (κ1) is 17.0. The van der Waals surface area contributed by atoms with E-state index in [1.807, 2.05) is 30.3 Å². The number of esters is 1. The highest BCUT2D eigenvalue weighted by atomic mass is 79.9. The highest BCUT2D eigenvalue weighted by Crippen LogP contribution is 2.15. The lowest BCUT2D eigenvalue weighted by atomic mass is 10.2. The predicted octanol–water partition coefficient (Wildman–Crippen LogP) is 2.80. The normalized spacial score (nSPS) is 9.96. The molecule has 120 valence electrons. The van der Waals surface area contributed by atoms with Gasteiger partial charge in [0, 0.05) is 10.0 Å². The summed E-state index contributed by atoms with van der Waals surface area (Å²) < 4.78 is 11.4. The molecule has 0 heterocycles. The van der Waals surface area contributed by atoms with E-state index < -0.39 is 5.97 Å². The Bertz CT molecular complexity index is 643. The van der Waals surface area contributed by atoms with Crippen LogP contribution in [0.15, 0.2) is 59.1 Å². The number of rotatable bonds is 7. The van der Waals surface area contributed by atoms with Crippen LogP contribution in [0.25, 0.3) is 0 Å². The Morgan fingerprint density at radius 1 is 0.957 bits per heavy atom. The molecular weight excluding hydrogens is 362 g/mol. The molecule has 0 radical (unpaired) electrons. The van der Waals surface area contributed by atoms with Crippen molar-refractivity contribution in [2.75, 3.05) is 19.8 Å². The van der Waals surface area contributed by atoms with E-state index in [1.165, 1.54) is 0 Å². The monoisotopic (exact) mass is 377 g/mol. The second-order valence-electron chi connectivity index (χ2n) is 4.57. The predicted molar refractivity (Wildman–Crippen MR) is 89.4 cm³/mol. The molecule has 2 rings (SSSR count). The van der Waals surface area contributed by atoms with Crippen molar-refractivity contribution in [2.45, 2.75) is 0 Å². The summed E-state index contributed by atoms with van der Waals surface area (Å²) in [4.78, 5) is 23.3. The van der Waals surface area contributed by atoms with Gasteiger partial charge >= 0.3 is 5.97 Å². The number of halogens is 1. The van der Waals surface area contributed by atoms with Crippen molar-refractivity contribution in [2.24, 2.45) is 0 Å². The molecule has 0 saturated carbocycles. The van der Waals surface area contributed by atoms with Gasteiger partial charge in [-0.15, -0.1) is 0 Å². The zero-order valence-corrected chi connectivity index (χ0v) is 13.9. The van der Waals surface area contributed by atoms with Crippen molar-refractivity contribution in [1.29, 1.82) is 0 Å². The largest absolute Gasteiger partial charge is 0.490 e. The van der Waals surface area contributed by atoms with Crippen LogP contribution in [0.5, 0.6) is 5.75 Å². The summed E-state index contributed by atoms with van der Waals surface area (Å²) in [6.07, 6.45) is 0. The van der Waals surface area contributed by atoms with Crippen LogP contribution in [0.4, 0.5) is 0 Å². The van der Waals surface area contributed by atoms with E-state index in [4.69, 9.17) is 9.47 Å². The number of benzene rings is 2. The quantitative estimate of drug-likeness (QED) is 0.595. The number of ether oxygens (including phenoxy) is 2. The first-order chi connectivity index (χ1) is 11.1. The molecule has 6 heteroatoms. The van der Waals surface area contributed by atoms with Crippen molar-refractivity contribution in [3.05, 3.63) is 64.6 Å². The van der Waals surface area contributed by atoms with Crippen LogP contribution < -0.4 is 10.1 Å². The van der Waals surface area contributed by atoms with Crippen molar-refractivity contribution in [1.82, 2.24) is 5.32 Å². The van der Waals surface area contributed by atoms with Gasteiger partial charge in [-0.1, -0.05) is 34.1 Å². The average Bonchev–Trinajstić information content (AvgIpc) is 2.59. The Morgan fingerprint density at radius 3 is 2.35 bits per heavy atom. The molecule has 23 heavy (non-hydrogen) atoms. The first-order valence-electron chi connectivity index (χ1n) is 7.02. The Morgan fingerprint density at radius 2 is 1.65 bits per heavy atom. The van der Waals surface area contributed by atoms with Crippen LogP contribution in [0.1, 0.15) is 10.4 Å². The summed E-state index contributed by atoms with van der Waals surface area (Å²) in [6, 6.07) is 16.0. The van der Waals surface area contributed by atoms with Crippen molar-refractivity contribution in [3.8, 4) is 5.75 Å². The summed E-state index contributed by atoms with van der Waals surface area (Å²) in [5.41, 5.74) is 0.499. The molecule has 0 aliphatic heterocycles. The lowest BCUT2D eigenvalue weighted by molar-refractivity contribution is -0.143. The molecule has 0 atom stereocenters. The first-order valence-corrected chi connectivity index (χ1v) is 7.81. The van der Waals surface area contributed by atoms with Crippen LogP contribution >= 0.6 is 15.9 Å². The van der Waals surface area contributed by atoms with Crippen LogP contribution in [-0.2, 0) is 9.53 Å². The highest BCUT2D eigenvalue weighted by Gasteiger charge is 2.08. The molecule has 1 N–H and O–H groups in total. The van der Waals surface area contributed by atoms with Crippen LogP contribution in [0.2, 0.25) is 0 Å².